The number of hydrogen-bond acceptors (Lipinski definition) is 4. The number of methoxy groups -OCH3 is 1. The molecule has 0 atom stereocenters. The predicted molar refractivity (Wildman–Crippen MR) is 46.2 cm³/mol. The van der Waals surface area contributed by atoms with Gasteiger partial charge in [0.1, 0.15) is 17.8 Å². The highest BCUT2D eigenvalue weighted by molar-refractivity contribution is 5.50. The molecular formula is C8H8N4O. The Morgan fingerprint density at radius 1 is 1.38 bits per heavy atom. The van der Waals surface area contributed by atoms with Crippen molar-refractivity contribution in [3.8, 4) is 17.3 Å². The van der Waals surface area contributed by atoms with Crippen LogP contribution in [-0.4, -0.2) is 27.3 Å². The molecule has 2 aromatic heterocycles. The lowest BCUT2D eigenvalue weighted by Crippen LogP contribution is -1.88. The Kier molecular flexibility index (Phi) is 1.91. The maximum absolute atomic E-state index is 5.05. The highest BCUT2D eigenvalue weighted by Crippen LogP contribution is 2.16. The van der Waals surface area contributed by atoms with Gasteiger partial charge in [0.15, 0.2) is 5.82 Å². The van der Waals surface area contributed by atoms with Gasteiger partial charge in [-0.25, -0.2) is 4.98 Å². The summed E-state index contributed by atoms with van der Waals surface area (Å²) in [7, 11) is 1.61. The van der Waals surface area contributed by atoms with Gasteiger partial charge in [-0.15, -0.1) is 0 Å². The molecule has 2 rings (SSSR count). The number of rotatable bonds is 2. The van der Waals surface area contributed by atoms with E-state index in [0.29, 0.717) is 5.82 Å². The molecule has 13 heavy (non-hydrogen) atoms. The van der Waals surface area contributed by atoms with Crippen molar-refractivity contribution in [3.63, 3.8) is 0 Å². The van der Waals surface area contributed by atoms with Crippen molar-refractivity contribution < 1.29 is 4.74 Å². The van der Waals surface area contributed by atoms with Gasteiger partial charge in [-0.2, -0.15) is 5.10 Å². The normalized spacial score (nSPS) is 9.92. The zero-order chi connectivity index (χ0) is 9.10. The summed E-state index contributed by atoms with van der Waals surface area (Å²) in [6, 6.07) is 3.57. The van der Waals surface area contributed by atoms with Crippen LogP contribution in [0.2, 0.25) is 0 Å². The molecule has 66 valence electrons. The Morgan fingerprint density at radius 3 is 3.00 bits per heavy atom. The summed E-state index contributed by atoms with van der Waals surface area (Å²) in [4.78, 5) is 8.09. The molecule has 0 aliphatic carbocycles. The van der Waals surface area contributed by atoms with Crippen molar-refractivity contribution in [1.82, 2.24) is 20.2 Å². The third-order valence-electron chi connectivity index (χ3n) is 1.62. The van der Waals surface area contributed by atoms with Crippen LogP contribution in [-0.2, 0) is 0 Å². The number of H-pyrrole nitrogens is 1. The molecule has 0 unspecified atom stereocenters. The van der Waals surface area contributed by atoms with Gasteiger partial charge in [0, 0.05) is 12.3 Å². The van der Waals surface area contributed by atoms with E-state index in [1.807, 2.05) is 0 Å². The summed E-state index contributed by atoms with van der Waals surface area (Å²) in [5.41, 5.74) is 0.719. The van der Waals surface area contributed by atoms with Gasteiger partial charge in [-0.05, 0) is 6.07 Å². The lowest BCUT2D eigenvalue weighted by molar-refractivity contribution is 0.414. The second-order valence-electron chi connectivity index (χ2n) is 2.41. The number of ether oxygens (including phenoxy) is 1. The minimum absolute atomic E-state index is 0.638. The first-order chi connectivity index (χ1) is 6.40. The van der Waals surface area contributed by atoms with E-state index in [0.717, 1.165) is 11.4 Å². The van der Waals surface area contributed by atoms with Crippen LogP contribution in [0.25, 0.3) is 11.5 Å². The van der Waals surface area contributed by atoms with Gasteiger partial charge in [-0.1, -0.05) is 0 Å². The number of hydrogen-bond donors (Lipinski definition) is 1. The van der Waals surface area contributed by atoms with E-state index >= 15 is 0 Å². The van der Waals surface area contributed by atoms with Crippen molar-refractivity contribution in [2.24, 2.45) is 0 Å². The van der Waals surface area contributed by atoms with Crippen LogP contribution in [0.5, 0.6) is 5.75 Å². The maximum atomic E-state index is 5.05. The number of aromatic amines is 1. The Bertz CT molecular complexity index is 385. The number of nitrogens with zero attached hydrogens (tertiary/aromatic N) is 3. The lowest BCUT2D eigenvalue weighted by Gasteiger charge is -1.99. The summed E-state index contributed by atoms with van der Waals surface area (Å²) in [5, 5.41) is 6.46. The highest BCUT2D eigenvalue weighted by Gasteiger charge is 2.02. The van der Waals surface area contributed by atoms with Gasteiger partial charge in [0.05, 0.1) is 7.11 Å². The van der Waals surface area contributed by atoms with Crippen molar-refractivity contribution >= 4 is 0 Å². The molecule has 0 radical (unpaired) electrons. The Labute approximate surface area is 74.8 Å². The molecule has 0 fully saturated rings. The first kappa shape index (κ1) is 7.72. The molecule has 0 amide bonds. The van der Waals surface area contributed by atoms with E-state index in [4.69, 9.17) is 4.74 Å². The van der Waals surface area contributed by atoms with Gasteiger partial charge in [0.2, 0.25) is 0 Å². The highest BCUT2D eigenvalue weighted by atomic mass is 16.5. The van der Waals surface area contributed by atoms with E-state index in [2.05, 4.69) is 20.2 Å². The minimum atomic E-state index is 0.638. The average Bonchev–Trinajstić information content (AvgIpc) is 2.71. The molecule has 0 aliphatic heterocycles. The second kappa shape index (κ2) is 3.22. The molecule has 0 aromatic carbocycles. The van der Waals surface area contributed by atoms with Crippen LogP contribution in [0.4, 0.5) is 0 Å². The summed E-state index contributed by atoms with van der Waals surface area (Å²) in [6.07, 6.45) is 3.10. The van der Waals surface area contributed by atoms with Crippen molar-refractivity contribution in [1.29, 1.82) is 0 Å². The van der Waals surface area contributed by atoms with Gasteiger partial charge >= 0.3 is 0 Å². The average molecular weight is 176 g/mol. The van der Waals surface area contributed by atoms with Crippen LogP contribution in [0.3, 0.4) is 0 Å². The molecule has 5 heteroatoms. The molecule has 2 heterocycles. The quantitative estimate of drug-likeness (QED) is 0.737. The first-order valence-corrected chi connectivity index (χ1v) is 3.76. The second-order valence-corrected chi connectivity index (χ2v) is 2.41. The summed E-state index contributed by atoms with van der Waals surface area (Å²) in [5.74, 6) is 1.39. The van der Waals surface area contributed by atoms with Crippen molar-refractivity contribution in [2.45, 2.75) is 0 Å². The fraction of sp³-hybridized carbons (Fsp3) is 0.125. The van der Waals surface area contributed by atoms with E-state index in [-0.39, 0.29) is 0 Å². The summed E-state index contributed by atoms with van der Waals surface area (Å²) >= 11 is 0. The zero-order valence-electron chi connectivity index (χ0n) is 7.06. The molecule has 0 spiro atoms. The number of pyridine rings is 1. The zero-order valence-corrected chi connectivity index (χ0v) is 7.06. The van der Waals surface area contributed by atoms with Crippen LogP contribution >= 0.6 is 0 Å². The molecule has 5 nitrogen and oxygen atoms in total. The molecule has 2 aromatic rings. The smallest absolute Gasteiger partial charge is 0.174 e. The predicted octanol–water partition coefficient (Wildman–Crippen LogP) is 0.875. The Morgan fingerprint density at radius 2 is 2.31 bits per heavy atom. The SMILES string of the molecule is COc1ccnc(-c2ncn[nH]2)c1. The fourth-order valence-corrected chi connectivity index (χ4v) is 0.997. The molecule has 0 aliphatic rings. The third-order valence-corrected chi connectivity index (χ3v) is 1.62. The Balaban J connectivity index is 2.41. The lowest BCUT2D eigenvalue weighted by atomic mass is 10.3. The van der Waals surface area contributed by atoms with Gasteiger partial charge in [0.25, 0.3) is 0 Å². The Hall–Kier alpha value is -1.91. The fourth-order valence-electron chi connectivity index (χ4n) is 0.997. The number of nitrogens with one attached hydrogen (secondary N) is 1. The minimum Gasteiger partial charge on any atom is -0.497 e. The van der Waals surface area contributed by atoms with Crippen LogP contribution in [0.15, 0.2) is 24.7 Å². The van der Waals surface area contributed by atoms with E-state index < -0.39 is 0 Å². The maximum Gasteiger partial charge on any atom is 0.174 e. The first-order valence-electron chi connectivity index (χ1n) is 3.76. The third kappa shape index (κ3) is 1.48. The molecule has 1 N–H and O–H groups in total. The van der Waals surface area contributed by atoms with Gasteiger partial charge in [-0.3, -0.25) is 10.1 Å². The standard InChI is InChI=1S/C8H8N4O/c1-13-6-2-3-9-7(4-6)8-10-5-11-12-8/h2-5H,1H3,(H,10,11,12). The van der Waals surface area contributed by atoms with E-state index in [1.165, 1.54) is 6.33 Å². The van der Waals surface area contributed by atoms with Crippen LogP contribution in [0.1, 0.15) is 0 Å². The monoisotopic (exact) mass is 176 g/mol. The largest absolute Gasteiger partial charge is 0.497 e. The van der Waals surface area contributed by atoms with E-state index in [9.17, 15) is 0 Å². The molecule has 0 saturated heterocycles. The number of aromatic nitrogens is 4. The van der Waals surface area contributed by atoms with Crippen LogP contribution in [0, 0.1) is 0 Å². The topological polar surface area (TPSA) is 63.7 Å². The van der Waals surface area contributed by atoms with Crippen molar-refractivity contribution in [2.75, 3.05) is 7.11 Å². The van der Waals surface area contributed by atoms with E-state index in [1.54, 1.807) is 25.4 Å². The molecule has 0 saturated carbocycles. The molecular weight excluding hydrogens is 168 g/mol. The summed E-state index contributed by atoms with van der Waals surface area (Å²) in [6.45, 7) is 0. The van der Waals surface area contributed by atoms with Gasteiger partial charge < -0.3 is 4.74 Å². The van der Waals surface area contributed by atoms with Crippen molar-refractivity contribution in [3.05, 3.63) is 24.7 Å². The molecule has 0 bridgehead atoms. The van der Waals surface area contributed by atoms with Crippen LogP contribution < -0.4 is 4.74 Å². The summed E-state index contributed by atoms with van der Waals surface area (Å²) < 4.78 is 5.05.